The highest BCUT2D eigenvalue weighted by Crippen LogP contribution is 2.31. The Bertz CT molecular complexity index is 544. The van der Waals surface area contributed by atoms with E-state index in [1.807, 2.05) is 5.38 Å². The van der Waals surface area contributed by atoms with Gasteiger partial charge < -0.3 is 10.4 Å². The molecule has 2 N–H and O–H groups in total. The smallest absolute Gasteiger partial charge is 0.306 e. The molecule has 1 saturated carbocycles. The maximum atomic E-state index is 12.4. The Morgan fingerprint density at radius 2 is 1.86 bits per heavy atom. The van der Waals surface area contributed by atoms with Crippen LogP contribution in [0.15, 0.2) is 5.38 Å². The molecule has 0 spiro atoms. The van der Waals surface area contributed by atoms with Crippen LogP contribution in [0, 0.1) is 5.92 Å². The third-order valence-electron chi connectivity index (χ3n) is 4.72. The van der Waals surface area contributed by atoms with E-state index in [9.17, 15) is 9.59 Å². The fourth-order valence-electron chi connectivity index (χ4n) is 3.43. The number of hydrogen-bond donors (Lipinski definition) is 2. The van der Waals surface area contributed by atoms with Gasteiger partial charge in [-0.15, -0.1) is 11.3 Å². The quantitative estimate of drug-likeness (QED) is 0.902. The first kappa shape index (κ1) is 14.6. The Labute approximate surface area is 128 Å². The van der Waals surface area contributed by atoms with Crippen LogP contribution >= 0.6 is 11.3 Å². The predicted octanol–water partition coefficient (Wildman–Crippen LogP) is 3.00. The number of thiophene rings is 1. The molecule has 0 bridgehead atoms. The number of hydrogen-bond acceptors (Lipinski definition) is 3. The van der Waals surface area contributed by atoms with Gasteiger partial charge in [0.05, 0.1) is 11.5 Å². The van der Waals surface area contributed by atoms with E-state index < -0.39 is 5.97 Å². The lowest BCUT2D eigenvalue weighted by Crippen LogP contribution is -2.39. The number of carboxylic acid groups (broad SMARTS) is 1. The highest BCUT2D eigenvalue weighted by molar-refractivity contribution is 7.10. The zero-order valence-corrected chi connectivity index (χ0v) is 12.9. The van der Waals surface area contributed by atoms with Crippen LogP contribution < -0.4 is 5.32 Å². The second kappa shape index (κ2) is 6.18. The minimum absolute atomic E-state index is 0.0353. The summed E-state index contributed by atoms with van der Waals surface area (Å²) in [6, 6.07) is 0.132. The summed E-state index contributed by atoms with van der Waals surface area (Å²) >= 11 is 1.71. The summed E-state index contributed by atoms with van der Waals surface area (Å²) in [7, 11) is 0. The van der Waals surface area contributed by atoms with Crippen molar-refractivity contribution >= 4 is 23.2 Å². The summed E-state index contributed by atoms with van der Waals surface area (Å²) < 4.78 is 0. The molecule has 1 heterocycles. The molecule has 114 valence electrons. The molecule has 0 aliphatic heterocycles. The summed E-state index contributed by atoms with van der Waals surface area (Å²) in [4.78, 5) is 24.8. The molecule has 1 aromatic rings. The van der Waals surface area contributed by atoms with Gasteiger partial charge in [0.25, 0.3) is 5.91 Å². The molecule has 0 unspecified atom stereocenters. The molecule has 0 radical (unpaired) electrons. The van der Waals surface area contributed by atoms with Gasteiger partial charge in [0.1, 0.15) is 0 Å². The topological polar surface area (TPSA) is 66.4 Å². The van der Waals surface area contributed by atoms with E-state index in [0.29, 0.717) is 12.8 Å². The van der Waals surface area contributed by atoms with Crippen molar-refractivity contribution in [2.45, 2.75) is 57.4 Å². The Morgan fingerprint density at radius 1 is 1.14 bits per heavy atom. The third kappa shape index (κ3) is 3.12. The van der Waals surface area contributed by atoms with E-state index in [-0.39, 0.29) is 17.9 Å². The van der Waals surface area contributed by atoms with Gasteiger partial charge in [0.2, 0.25) is 0 Å². The van der Waals surface area contributed by atoms with Crippen LogP contribution in [0.3, 0.4) is 0 Å². The molecule has 5 heteroatoms. The van der Waals surface area contributed by atoms with E-state index in [2.05, 4.69) is 5.32 Å². The van der Waals surface area contributed by atoms with Crippen molar-refractivity contribution in [2.24, 2.45) is 5.92 Å². The first-order chi connectivity index (χ1) is 10.1. The number of aliphatic carboxylic acids is 1. The third-order valence-corrected chi connectivity index (χ3v) is 5.81. The number of rotatable bonds is 3. The molecule has 1 aromatic heterocycles. The average molecular weight is 307 g/mol. The standard InChI is InChI=1S/C16H21NO3S/c18-15(13-9-21-14-4-2-1-3-12(13)14)17-11-7-5-10(6-8-11)16(19)20/h9-11H,1-8H2,(H,17,18)(H,19,20). The monoisotopic (exact) mass is 307 g/mol. The summed E-state index contributed by atoms with van der Waals surface area (Å²) in [5.74, 6) is -0.896. The maximum Gasteiger partial charge on any atom is 0.306 e. The van der Waals surface area contributed by atoms with E-state index in [1.165, 1.54) is 23.3 Å². The number of nitrogens with one attached hydrogen (secondary N) is 1. The van der Waals surface area contributed by atoms with E-state index in [0.717, 1.165) is 31.2 Å². The number of amides is 1. The van der Waals surface area contributed by atoms with Crippen LogP contribution in [0.5, 0.6) is 0 Å². The first-order valence-corrected chi connectivity index (χ1v) is 8.66. The molecule has 21 heavy (non-hydrogen) atoms. The molecular weight excluding hydrogens is 286 g/mol. The molecule has 0 atom stereocenters. The van der Waals surface area contributed by atoms with Crippen LogP contribution in [0.4, 0.5) is 0 Å². The van der Waals surface area contributed by atoms with Gasteiger partial charge >= 0.3 is 5.97 Å². The van der Waals surface area contributed by atoms with Crippen LogP contribution in [-0.2, 0) is 17.6 Å². The minimum Gasteiger partial charge on any atom is -0.481 e. The lowest BCUT2D eigenvalue weighted by molar-refractivity contribution is -0.142. The molecule has 2 aliphatic carbocycles. The lowest BCUT2D eigenvalue weighted by Gasteiger charge is -2.27. The molecule has 1 fully saturated rings. The normalized spacial score (nSPS) is 25.1. The Balaban J connectivity index is 1.60. The van der Waals surface area contributed by atoms with Crippen LogP contribution in [0.25, 0.3) is 0 Å². The zero-order chi connectivity index (χ0) is 14.8. The molecule has 0 saturated heterocycles. The van der Waals surface area contributed by atoms with Crippen molar-refractivity contribution in [2.75, 3.05) is 0 Å². The van der Waals surface area contributed by atoms with Crippen molar-refractivity contribution in [1.82, 2.24) is 5.32 Å². The number of carbonyl (C=O) groups excluding carboxylic acids is 1. The van der Waals surface area contributed by atoms with Gasteiger partial charge in [-0.25, -0.2) is 0 Å². The van der Waals surface area contributed by atoms with Crippen LogP contribution in [-0.4, -0.2) is 23.0 Å². The van der Waals surface area contributed by atoms with E-state index in [4.69, 9.17) is 5.11 Å². The van der Waals surface area contributed by atoms with Crippen molar-refractivity contribution in [3.63, 3.8) is 0 Å². The number of carbonyl (C=O) groups is 2. The molecular formula is C16H21NO3S. The Hall–Kier alpha value is -1.36. The summed E-state index contributed by atoms with van der Waals surface area (Å²) in [5, 5.41) is 14.1. The van der Waals surface area contributed by atoms with Gasteiger partial charge in [0.15, 0.2) is 0 Å². The number of carboxylic acids is 1. The molecule has 1 amide bonds. The van der Waals surface area contributed by atoms with Gasteiger partial charge in [-0.1, -0.05) is 0 Å². The fourth-order valence-corrected chi connectivity index (χ4v) is 4.56. The first-order valence-electron chi connectivity index (χ1n) is 7.78. The highest BCUT2D eigenvalue weighted by atomic mass is 32.1. The van der Waals surface area contributed by atoms with Gasteiger partial charge in [0, 0.05) is 16.3 Å². The van der Waals surface area contributed by atoms with Gasteiger partial charge in [-0.05, 0) is 56.9 Å². The number of aryl methyl sites for hydroxylation is 1. The summed E-state index contributed by atoms with van der Waals surface area (Å²) in [5.41, 5.74) is 2.11. The molecule has 3 rings (SSSR count). The largest absolute Gasteiger partial charge is 0.481 e. The van der Waals surface area contributed by atoms with Crippen molar-refractivity contribution in [1.29, 1.82) is 0 Å². The highest BCUT2D eigenvalue weighted by Gasteiger charge is 2.28. The zero-order valence-electron chi connectivity index (χ0n) is 12.1. The van der Waals surface area contributed by atoms with E-state index in [1.54, 1.807) is 11.3 Å². The van der Waals surface area contributed by atoms with Crippen molar-refractivity contribution in [3.8, 4) is 0 Å². The van der Waals surface area contributed by atoms with Crippen molar-refractivity contribution in [3.05, 3.63) is 21.4 Å². The van der Waals surface area contributed by atoms with E-state index >= 15 is 0 Å². The second-order valence-electron chi connectivity index (χ2n) is 6.12. The fraction of sp³-hybridized carbons (Fsp3) is 0.625. The SMILES string of the molecule is O=C(NC1CCC(C(=O)O)CC1)c1csc2c1CCCC2. The van der Waals surface area contributed by atoms with Crippen LogP contribution in [0.1, 0.15) is 59.3 Å². The minimum atomic E-state index is -0.702. The number of fused-ring (bicyclic) bond motifs is 1. The molecule has 0 aromatic carbocycles. The molecule has 2 aliphatic rings. The molecule has 4 nitrogen and oxygen atoms in total. The average Bonchev–Trinajstić information content (AvgIpc) is 2.92. The van der Waals surface area contributed by atoms with Crippen molar-refractivity contribution < 1.29 is 14.7 Å². The van der Waals surface area contributed by atoms with Gasteiger partial charge in [-0.3, -0.25) is 9.59 Å². The van der Waals surface area contributed by atoms with Crippen LogP contribution in [0.2, 0.25) is 0 Å². The summed E-state index contributed by atoms with van der Waals surface area (Å²) in [6.45, 7) is 0. The lowest BCUT2D eigenvalue weighted by atomic mass is 9.86. The Morgan fingerprint density at radius 3 is 2.57 bits per heavy atom. The maximum absolute atomic E-state index is 12.4. The Kier molecular flexibility index (Phi) is 4.29. The van der Waals surface area contributed by atoms with Gasteiger partial charge in [-0.2, -0.15) is 0 Å². The second-order valence-corrected chi connectivity index (χ2v) is 7.08. The summed E-state index contributed by atoms with van der Waals surface area (Å²) in [6.07, 6.45) is 7.42. The predicted molar refractivity (Wildman–Crippen MR) is 81.8 cm³/mol.